The second kappa shape index (κ2) is 6.33. The Hall–Kier alpha value is -1.88. The fraction of sp³-hybridized carbons (Fsp3) is 0.429. The van der Waals surface area contributed by atoms with E-state index in [0.29, 0.717) is 0 Å². The van der Waals surface area contributed by atoms with Crippen LogP contribution in [0.4, 0.5) is 0 Å². The van der Waals surface area contributed by atoms with Gasteiger partial charge in [-0.1, -0.05) is 30.3 Å². The van der Waals surface area contributed by atoms with Gasteiger partial charge < -0.3 is 16.8 Å². The Labute approximate surface area is 113 Å². The Bertz CT molecular complexity index is 443. The molecule has 5 N–H and O–H groups in total. The van der Waals surface area contributed by atoms with Crippen LogP contribution in [0.1, 0.15) is 31.9 Å². The molecule has 0 spiro atoms. The van der Waals surface area contributed by atoms with Gasteiger partial charge in [0.1, 0.15) is 0 Å². The number of amides is 2. The van der Waals surface area contributed by atoms with Crippen molar-refractivity contribution >= 4 is 11.8 Å². The zero-order valence-corrected chi connectivity index (χ0v) is 11.3. The van der Waals surface area contributed by atoms with Gasteiger partial charge in [-0.05, 0) is 19.4 Å². The van der Waals surface area contributed by atoms with Crippen molar-refractivity contribution in [3.8, 4) is 0 Å². The van der Waals surface area contributed by atoms with E-state index in [-0.39, 0.29) is 24.9 Å². The molecule has 0 bridgehead atoms. The van der Waals surface area contributed by atoms with E-state index in [0.717, 1.165) is 5.56 Å². The van der Waals surface area contributed by atoms with Crippen molar-refractivity contribution in [2.75, 3.05) is 6.54 Å². The van der Waals surface area contributed by atoms with Crippen molar-refractivity contribution in [3.63, 3.8) is 0 Å². The van der Waals surface area contributed by atoms with Gasteiger partial charge in [0.05, 0.1) is 5.41 Å². The van der Waals surface area contributed by atoms with Gasteiger partial charge in [-0.2, -0.15) is 0 Å². The number of carbonyl (C=O) groups excluding carboxylic acids is 2. The number of primary amides is 1. The largest absolute Gasteiger partial charge is 0.369 e. The molecule has 5 nitrogen and oxygen atoms in total. The van der Waals surface area contributed by atoms with E-state index in [1.165, 1.54) is 0 Å². The number of benzene rings is 1. The van der Waals surface area contributed by atoms with Crippen LogP contribution in [0.25, 0.3) is 0 Å². The first kappa shape index (κ1) is 15.2. The van der Waals surface area contributed by atoms with E-state index in [1.807, 2.05) is 30.3 Å². The van der Waals surface area contributed by atoms with Gasteiger partial charge in [0.25, 0.3) is 0 Å². The molecule has 1 unspecified atom stereocenters. The zero-order chi connectivity index (χ0) is 14.5. The Kier molecular flexibility index (Phi) is 5.06. The lowest BCUT2D eigenvalue weighted by atomic mass is 9.92. The van der Waals surface area contributed by atoms with Crippen LogP contribution in [0, 0.1) is 5.41 Å². The molecule has 0 fully saturated rings. The summed E-state index contributed by atoms with van der Waals surface area (Å²) < 4.78 is 0. The average Bonchev–Trinajstić information content (AvgIpc) is 2.37. The predicted octanol–water partition coefficient (Wildman–Crippen LogP) is 0.704. The van der Waals surface area contributed by atoms with E-state index in [9.17, 15) is 9.59 Å². The highest BCUT2D eigenvalue weighted by molar-refractivity contribution is 5.82. The van der Waals surface area contributed by atoms with E-state index >= 15 is 0 Å². The van der Waals surface area contributed by atoms with Crippen LogP contribution in [0.5, 0.6) is 0 Å². The number of carbonyl (C=O) groups is 2. The van der Waals surface area contributed by atoms with Gasteiger partial charge in [0.2, 0.25) is 11.8 Å². The molecular weight excluding hydrogens is 242 g/mol. The smallest absolute Gasteiger partial charge is 0.224 e. The standard InChI is InChI=1S/C14H21N3O2/c1-14(2,13(16)19)9-17-12(18)8-11(15)10-6-4-3-5-7-10/h3-7,11H,8-9,15H2,1-2H3,(H2,16,19)(H,17,18). The van der Waals surface area contributed by atoms with E-state index in [4.69, 9.17) is 11.5 Å². The van der Waals surface area contributed by atoms with Crippen molar-refractivity contribution in [1.82, 2.24) is 5.32 Å². The molecule has 0 saturated carbocycles. The van der Waals surface area contributed by atoms with Gasteiger partial charge in [0, 0.05) is 19.0 Å². The van der Waals surface area contributed by atoms with Crippen molar-refractivity contribution in [3.05, 3.63) is 35.9 Å². The van der Waals surface area contributed by atoms with Crippen LogP contribution in [-0.2, 0) is 9.59 Å². The Morgan fingerprint density at radius 3 is 2.37 bits per heavy atom. The molecule has 1 aromatic rings. The SMILES string of the molecule is CC(C)(CNC(=O)CC(N)c1ccccc1)C(N)=O. The number of hydrogen-bond donors (Lipinski definition) is 3. The third-order valence-corrected chi connectivity index (χ3v) is 3.03. The molecule has 0 aliphatic heterocycles. The van der Waals surface area contributed by atoms with Crippen LogP contribution in [0.15, 0.2) is 30.3 Å². The molecule has 0 saturated heterocycles. The lowest BCUT2D eigenvalue weighted by Gasteiger charge is -2.21. The normalized spacial score (nSPS) is 12.8. The first-order valence-electron chi connectivity index (χ1n) is 6.20. The molecule has 5 heteroatoms. The first-order chi connectivity index (χ1) is 8.83. The summed E-state index contributed by atoms with van der Waals surface area (Å²) >= 11 is 0. The van der Waals surface area contributed by atoms with Gasteiger partial charge in [-0.15, -0.1) is 0 Å². The molecule has 0 aliphatic rings. The summed E-state index contributed by atoms with van der Waals surface area (Å²) in [5, 5.41) is 2.69. The summed E-state index contributed by atoms with van der Waals surface area (Å²) in [7, 11) is 0. The molecule has 0 heterocycles. The maximum atomic E-state index is 11.8. The van der Waals surface area contributed by atoms with Gasteiger partial charge in [-0.25, -0.2) is 0 Å². The van der Waals surface area contributed by atoms with Crippen LogP contribution in [0.2, 0.25) is 0 Å². The minimum Gasteiger partial charge on any atom is -0.369 e. The average molecular weight is 263 g/mol. The van der Waals surface area contributed by atoms with Gasteiger partial charge in [0.15, 0.2) is 0 Å². The number of nitrogens with one attached hydrogen (secondary N) is 1. The molecule has 1 aromatic carbocycles. The van der Waals surface area contributed by atoms with E-state index in [2.05, 4.69) is 5.32 Å². The lowest BCUT2D eigenvalue weighted by Crippen LogP contribution is -2.42. The lowest BCUT2D eigenvalue weighted by molar-refractivity contribution is -0.127. The van der Waals surface area contributed by atoms with Crippen molar-refractivity contribution in [2.24, 2.45) is 16.9 Å². The van der Waals surface area contributed by atoms with E-state index in [1.54, 1.807) is 13.8 Å². The molecular formula is C14H21N3O2. The Morgan fingerprint density at radius 2 is 1.84 bits per heavy atom. The number of hydrogen-bond acceptors (Lipinski definition) is 3. The molecule has 19 heavy (non-hydrogen) atoms. The van der Waals surface area contributed by atoms with E-state index < -0.39 is 11.3 Å². The van der Waals surface area contributed by atoms with Crippen molar-refractivity contribution < 1.29 is 9.59 Å². The van der Waals surface area contributed by atoms with Crippen molar-refractivity contribution in [2.45, 2.75) is 26.3 Å². The fourth-order valence-corrected chi connectivity index (χ4v) is 1.50. The van der Waals surface area contributed by atoms with Crippen LogP contribution >= 0.6 is 0 Å². The maximum absolute atomic E-state index is 11.8. The van der Waals surface area contributed by atoms with Crippen molar-refractivity contribution in [1.29, 1.82) is 0 Å². The zero-order valence-electron chi connectivity index (χ0n) is 11.3. The fourth-order valence-electron chi connectivity index (χ4n) is 1.50. The Morgan fingerprint density at radius 1 is 1.26 bits per heavy atom. The first-order valence-corrected chi connectivity index (χ1v) is 6.20. The molecule has 1 rings (SSSR count). The summed E-state index contributed by atoms with van der Waals surface area (Å²) in [5.41, 5.74) is 11.3. The number of nitrogens with two attached hydrogens (primary N) is 2. The molecule has 0 aromatic heterocycles. The molecule has 2 amide bonds. The quantitative estimate of drug-likeness (QED) is 0.704. The molecule has 104 valence electrons. The highest BCUT2D eigenvalue weighted by Gasteiger charge is 2.25. The highest BCUT2D eigenvalue weighted by Crippen LogP contribution is 2.14. The highest BCUT2D eigenvalue weighted by atomic mass is 16.2. The predicted molar refractivity (Wildman–Crippen MR) is 74.0 cm³/mol. The van der Waals surface area contributed by atoms with Gasteiger partial charge in [-0.3, -0.25) is 9.59 Å². The summed E-state index contributed by atoms with van der Waals surface area (Å²) in [5.74, 6) is -0.633. The topological polar surface area (TPSA) is 98.2 Å². The third kappa shape index (κ3) is 4.71. The molecule has 1 atom stereocenters. The third-order valence-electron chi connectivity index (χ3n) is 3.03. The van der Waals surface area contributed by atoms with Crippen LogP contribution < -0.4 is 16.8 Å². The molecule has 0 aliphatic carbocycles. The number of rotatable bonds is 6. The van der Waals surface area contributed by atoms with Gasteiger partial charge >= 0.3 is 0 Å². The van der Waals surface area contributed by atoms with Crippen LogP contribution in [0.3, 0.4) is 0 Å². The molecule has 0 radical (unpaired) electrons. The summed E-state index contributed by atoms with van der Waals surface area (Å²) in [4.78, 5) is 22.9. The Balaban J connectivity index is 2.46. The maximum Gasteiger partial charge on any atom is 0.224 e. The second-order valence-electron chi connectivity index (χ2n) is 5.25. The minimum absolute atomic E-state index is 0.179. The van der Waals surface area contributed by atoms with Crippen LogP contribution in [-0.4, -0.2) is 18.4 Å². The minimum atomic E-state index is -0.757. The summed E-state index contributed by atoms with van der Waals surface area (Å²) in [6.07, 6.45) is 0.179. The monoisotopic (exact) mass is 263 g/mol. The summed E-state index contributed by atoms with van der Waals surface area (Å²) in [6.45, 7) is 3.59. The summed E-state index contributed by atoms with van der Waals surface area (Å²) in [6, 6.07) is 9.06. The second-order valence-corrected chi connectivity index (χ2v) is 5.25.